The minimum Gasteiger partial charge on any atom is -0.507 e. The lowest BCUT2D eigenvalue weighted by Gasteiger charge is -2.43. The van der Waals surface area contributed by atoms with Crippen LogP contribution in [0.1, 0.15) is 48.6 Å². The molecule has 2 heterocycles. The number of ether oxygens (including phenoxy) is 2. The standard InChI is InChI=1S/C19H28O7/c1-8-10-5-6-19(3,4)26-17(10)12(9(2)13(8)21)18-16(24)15(23)14(22)11(7-20)25-18/h11,14-16,18,20-24H,5-7H2,1-4H3/t11-,14-,15+,16-,18+/m1/s1. The summed E-state index contributed by atoms with van der Waals surface area (Å²) >= 11 is 0. The van der Waals surface area contributed by atoms with Crippen LogP contribution in [0.4, 0.5) is 0 Å². The molecule has 2 aliphatic heterocycles. The predicted molar refractivity (Wildman–Crippen MR) is 93.3 cm³/mol. The molecule has 5 atom stereocenters. The average molecular weight is 368 g/mol. The summed E-state index contributed by atoms with van der Waals surface area (Å²) < 4.78 is 11.9. The molecule has 0 radical (unpaired) electrons. The van der Waals surface area contributed by atoms with Crippen LogP contribution < -0.4 is 4.74 Å². The molecule has 1 saturated heterocycles. The van der Waals surface area contributed by atoms with Gasteiger partial charge in [0.15, 0.2) is 0 Å². The van der Waals surface area contributed by atoms with E-state index in [1.807, 2.05) is 20.8 Å². The van der Waals surface area contributed by atoms with Crippen LogP contribution in [-0.4, -0.2) is 62.2 Å². The molecule has 0 amide bonds. The molecule has 1 aromatic rings. The maximum absolute atomic E-state index is 10.6. The number of rotatable bonds is 2. The third-order valence-electron chi connectivity index (χ3n) is 5.62. The second kappa shape index (κ2) is 6.65. The van der Waals surface area contributed by atoms with E-state index >= 15 is 0 Å². The third-order valence-corrected chi connectivity index (χ3v) is 5.62. The molecule has 0 aliphatic carbocycles. The Morgan fingerprint density at radius 2 is 1.69 bits per heavy atom. The fourth-order valence-electron chi connectivity index (χ4n) is 3.91. The van der Waals surface area contributed by atoms with Crippen molar-refractivity contribution in [2.45, 2.75) is 76.7 Å². The van der Waals surface area contributed by atoms with Gasteiger partial charge in [-0.25, -0.2) is 0 Å². The molecule has 1 fully saturated rings. The van der Waals surface area contributed by atoms with Gasteiger partial charge >= 0.3 is 0 Å². The van der Waals surface area contributed by atoms with Gasteiger partial charge in [0.1, 0.15) is 47.6 Å². The Hall–Kier alpha value is -1.38. The second-order valence-corrected chi connectivity index (χ2v) is 7.93. The topological polar surface area (TPSA) is 120 Å². The zero-order valence-corrected chi connectivity index (χ0v) is 15.6. The number of aliphatic hydroxyl groups is 4. The lowest BCUT2D eigenvalue weighted by molar-refractivity contribution is -0.232. The van der Waals surface area contributed by atoms with Crippen molar-refractivity contribution in [3.05, 3.63) is 22.3 Å². The molecule has 0 spiro atoms. The van der Waals surface area contributed by atoms with Crippen LogP contribution in [0.25, 0.3) is 0 Å². The zero-order chi connectivity index (χ0) is 19.4. The Morgan fingerprint density at radius 1 is 1.04 bits per heavy atom. The molecule has 0 bridgehead atoms. The Labute approximate surface area is 152 Å². The summed E-state index contributed by atoms with van der Waals surface area (Å²) in [5, 5.41) is 50.8. The first kappa shape index (κ1) is 19.4. The molecule has 0 saturated carbocycles. The van der Waals surface area contributed by atoms with Crippen molar-refractivity contribution in [3.63, 3.8) is 0 Å². The molecule has 26 heavy (non-hydrogen) atoms. The zero-order valence-electron chi connectivity index (χ0n) is 15.6. The average Bonchev–Trinajstić information content (AvgIpc) is 2.59. The Balaban J connectivity index is 2.17. The van der Waals surface area contributed by atoms with E-state index < -0.39 is 42.7 Å². The number of hydrogen-bond acceptors (Lipinski definition) is 7. The summed E-state index contributed by atoms with van der Waals surface area (Å²) in [7, 11) is 0. The van der Waals surface area contributed by atoms with E-state index in [4.69, 9.17) is 9.47 Å². The molecular weight excluding hydrogens is 340 g/mol. The van der Waals surface area contributed by atoms with Gasteiger partial charge in [-0.2, -0.15) is 0 Å². The lowest BCUT2D eigenvalue weighted by Crippen LogP contribution is -2.55. The van der Waals surface area contributed by atoms with Crippen LogP contribution in [0.2, 0.25) is 0 Å². The monoisotopic (exact) mass is 368 g/mol. The first-order chi connectivity index (χ1) is 12.1. The van der Waals surface area contributed by atoms with E-state index in [-0.39, 0.29) is 5.75 Å². The van der Waals surface area contributed by atoms with Gasteiger partial charge in [-0.05, 0) is 46.1 Å². The first-order valence-electron chi connectivity index (χ1n) is 8.93. The van der Waals surface area contributed by atoms with Gasteiger partial charge in [-0.3, -0.25) is 0 Å². The molecule has 146 valence electrons. The van der Waals surface area contributed by atoms with Crippen molar-refractivity contribution in [3.8, 4) is 11.5 Å². The van der Waals surface area contributed by atoms with Crippen LogP contribution in [0.15, 0.2) is 0 Å². The van der Waals surface area contributed by atoms with E-state index in [2.05, 4.69) is 0 Å². The number of fused-ring (bicyclic) bond motifs is 1. The number of aromatic hydroxyl groups is 1. The van der Waals surface area contributed by atoms with Crippen LogP contribution in [0.5, 0.6) is 11.5 Å². The number of phenols is 1. The molecule has 7 nitrogen and oxygen atoms in total. The molecule has 0 unspecified atom stereocenters. The summed E-state index contributed by atoms with van der Waals surface area (Å²) in [5.74, 6) is 0.636. The Kier molecular flexibility index (Phi) is 4.96. The summed E-state index contributed by atoms with van der Waals surface area (Å²) in [5.41, 5.74) is 2.09. The second-order valence-electron chi connectivity index (χ2n) is 7.93. The summed E-state index contributed by atoms with van der Waals surface area (Å²) in [6.07, 6.45) is -4.93. The highest BCUT2D eigenvalue weighted by atomic mass is 16.5. The highest BCUT2D eigenvalue weighted by molar-refractivity contribution is 5.60. The highest BCUT2D eigenvalue weighted by Gasteiger charge is 2.47. The summed E-state index contributed by atoms with van der Waals surface area (Å²) in [4.78, 5) is 0. The van der Waals surface area contributed by atoms with Gasteiger partial charge in [0.25, 0.3) is 0 Å². The molecule has 0 aromatic heterocycles. The largest absolute Gasteiger partial charge is 0.507 e. The van der Waals surface area contributed by atoms with Crippen LogP contribution in [0, 0.1) is 13.8 Å². The van der Waals surface area contributed by atoms with Crippen molar-refractivity contribution < 1.29 is 35.0 Å². The van der Waals surface area contributed by atoms with Crippen LogP contribution in [-0.2, 0) is 11.2 Å². The number of phenolic OH excluding ortho intramolecular Hbond substituents is 1. The van der Waals surface area contributed by atoms with Gasteiger partial charge in [0.2, 0.25) is 0 Å². The van der Waals surface area contributed by atoms with Gasteiger partial charge in [-0.1, -0.05) is 0 Å². The maximum atomic E-state index is 10.6. The maximum Gasteiger partial charge on any atom is 0.130 e. The first-order valence-corrected chi connectivity index (χ1v) is 8.93. The fraction of sp³-hybridized carbons (Fsp3) is 0.684. The fourth-order valence-corrected chi connectivity index (χ4v) is 3.91. The van der Waals surface area contributed by atoms with Gasteiger partial charge in [0.05, 0.1) is 6.61 Å². The van der Waals surface area contributed by atoms with Crippen LogP contribution >= 0.6 is 0 Å². The van der Waals surface area contributed by atoms with Crippen molar-refractivity contribution in [2.24, 2.45) is 0 Å². The minimum absolute atomic E-state index is 0.0963. The van der Waals surface area contributed by atoms with Crippen LogP contribution in [0.3, 0.4) is 0 Å². The SMILES string of the molecule is Cc1c(O)c(C)c([C@@H]2O[C@H](CO)[C@@H](O)[C@H](O)[C@H]2O)c2c1CCC(C)(C)O2. The van der Waals surface area contributed by atoms with Gasteiger partial charge in [-0.15, -0.1) is 0 Å². The number of benzene rings is 1. The molecule has 3 rings (SSSR count). The minimum atomic E-state index is -1.49. The van der Waals surface area contributed by atoms with Gasteiger partial charge < -0.3 is 35.0 Å². The van der Waals surface area contributed by atoms with Crippen molar-refractivity contribution >= 4 is 0 Å². The van der Waals surface area contributed by atoms with E-state index in [0.29, 0.717) is 23.3 Å². The van der Waals surface area contributed by atoms with Crippen molar-refractivity contribution in [1.29, 1.82) is 0 Å². The van der Waals surface area contributed by atoms with E-state index in [9.17, 15) is 25.5 Å². The van der Waals surface area contributed by atoms with E-state index in [1.54, 1.807) is 6.92 Å². The van der Waals surface area contributed by atoms with Gasteiger partial charge in [0, 0.05) is 16.7 Å². The highest BCUT2D eigenvalue weighted by Crippen LogP contribution is 2.48. The van der Waals surface area contributed by atoms with Crippen molar-refractivity contribution in [1.82, 2.24) is 0 Å². The van der Waals surface area contributed by atoms with E-state index in [0.717, 1.165) is 17.5 Å². The molecule has 1 aromatic carbocycles. The molecule has 2 aliphatic rings. The molecular formula is C19H28O7. The summed E-state index contributed by atoms with van der Waals surface area (Å²) in [6.45, 7) is 6.94. The molecule has 5 N–H and O–H groups in total. The predicted octanol–water partition coefficient (Wildman–Crippen LogP) is 0.628. The normalized spacial score (nSPS) is 33.5. The lowest BCUT2D eigenvalue weighted by atomic mass is 9.83. The Morgan fingerprint density at radius 3 is 2.31 bits per heavy atom. The smallest absolute Gasteiger partial charge is 0.130 e. The summed E-state index contributed by atoms with van der Waals surface area (Å²) in [6, 6.07) is 0. The Bertz CT molecular complexity index is 698. The number of aliphatic hydroxyl groups excluding tert-OH is 4. The quantitative estimate of drug-likeness (QED) is 0.519. The van der Waals surface area contributed by atoms with E-state index in [1.165, 1.54) is 0 Å². The molecule has 7 heteroatoms. The van der Waals surface area contributed by atoms with Crippen molar-refractivity contribution in [2.75, 3.05) is 6.61 Å². The third kappa shape index (κ3) is 2.97. The number of hydrogen-bond donors (Lipinski definition) is 5.